The SMILES string of the molecule is CC(C)n1cc2cccnc2c1. The van der Waals surface area contributed by atoms with Crippen LogP contribution in [-0.2, 0) is 0 Å². The summed E-state index contributed by atoms with van der Waals surface area (Å²) in [5, 5.41) is 1.21. The van der Waals surface area contributed by atoms with Crippen LogP contribution >= 0.6 is 0 Å². The molecule has 0 amide bonds. The van der Waals surface area contributed by atoms with Gasteiger partial charge >= 0.3 is 0 Å². The lowest BCUT2D eigenvalue weighted by atomic mass is 10.3. The molecule has 0 N–H and O–H groups in total. The van der Waals surface area contributed by atoms with Crippen molar-refractivity contribution in [3.05, 3.63) is 30.7 Å². The zero-order valence-corrected chi connectivity index (χ0v) is 7.36. The summed E-state index contributed by atoms with van der Waals surface area (Å²) in [6.45, 7) is 4.33. The summed E-state index contributed by atoms with van der Waals surface area (Å²) in [4.78, 5) is 4.26. The number of aromatic nitrogens is 2. The average Bonchev–Trinajstić information content (AvgIpc) is 2.46. The molecular formula is C10H12N2. The van der Waals surface area contributed by atoms with Crippen molar-refractivity contribution in [2.45, 2.75) is 19.9 Å². The van der Waals surface area contributed by atoms with Crippen LogP contribution in [0.25, 0.3) is 10.9 Å². The van der Waals surface area contributed by atoms with Crippen molar-refractivity contribution in [1.29, 1.82) is 0 Å². The second kappa shape index (κ2) is 2.63. The van der Waals surface area contributed by atoms with Gasteiger partial charge in [0.2, 0.25) is 0 Å². The molecule has 2 aromatic rings. The highest BCUT2D eigenvalue weighted by Crippen LogP contribution is 2.15. The number of nitrogens with zero attached hydrogens (tertiary/aromatic N) is 2. The van der Waals surface area contributed by atoms with Crippen molar-refractivity contribution < 1.29 is 0 Å². The summed E-state index contributed by atoms with van der Waals surface area (Å²) in [7, 11) is 0. The molecule has 0 unspecified atom stereocenters. The van der Waals surface area contributed by atoms with E-state index in [1.165, 1.54) is 5.39 Å². The van der Waals surface area contributed by atoms with E-state index in [4.69, 9.17) is 0 Å². The van der Waals surface area contributed by atoms with Gasteiger partial charge in [0.1, 0.15) is 0 Å². The number of fused-ring (bicyclic) bond motifs is 1. The van der Waals surface area contributed by atoms with Crippen LogP contribution in [0.4, 0.5) is 0 Å². The van der Waals surface area contributed by atoms with Crippen molar-refractivity contribution in [3.63, 3.8) is 0 Å². The Morgan fingerprint density at radius 3 is 2.83 bits per heavy atom. The molecule has 0 saturated carbocycles. The Bertz CT molecular complexity index is 354. The van der Waals surface area contributed by atoms with E-state index in [0.29, 0.717) is 6.04 Å². The van der Waals surface area contributed by atoms with E-state index in [1.807, 2.05) is 12.3 Å². The Balaban J connectivity index is 2.62. The summed E-state index contributed by atoms with van der Waals surface area (Å²) >= 11 is 0. The fourth-order valence-electron chi connectivity index (χ4n) is 1.28. The number of hydrogen-bond donors (Lipinski definition) is 0. The molecule has 62 valence electrons. The second-order valence-electron chi connectivity index (χ2n) is 3.28. The molecule has 0 aromatic carbocycles. The summed E-state index contributed by atoms with van der Waals surface area (Å²) in [6, 6.07) is 4.56. The molecule has 2 heteroatoms. The largest absolute Gasteiger partial charge is 0.349 e. The lowest BCUT2D eigenvalue weighted by molar-refractivity contribution is 0.605. The highest BCUT2D eigenvalue weighted by molar-refractivity contribution is 5.77. The molecule has 2 nitrogen and oxygen atoms in total. The average molecular weight is 160 g/mol. The van der Waals surface area contributed by atoms with Gasteiger partial charge in [0.25, 0.3) is 0 Å². The molecule has 0 spiro atoms. The summed E-state index contributed by atoms with van der Waals surface area (Å²) in [6.07, 6.45) is 6.04. The molecule has 0 aliphatic carbocycles. The molecule has 0 bridgehead atoms. The predicted molar refractivity (Wildman–Crippen MR) is 50.1 cm³/mol. The minimum atomic E-state index is 0.513. The van der Waals surface area contributed by atoms with Gasteiger partial charge in [0.15, 0.2) is 0 Å². The van der Waals surface area contributed by atoms with Gasteiger partial charge in [-0.3, -0.25) is 4.98 Å². The third-order valence-electron chi connectivity index (χ3n) is 2.03. The highest BCUT2D eigenvalue weighted by atomic mass is 15.0. The normalized spacial score (nSPS) is 11.2. The maximum absolute atomic E-state index is 4.26. The van der Waals surface area contributed by atoms with Crippen molar-refractivity contribution in [3.8, 4) is 0 Å². The maximum Gasteiger partial charge on any atom is 0.0878 e. The zero-order chi connectivity index (χ0) is 8.55. The van der Waals surface area contributed by atoms with Gasteiger partial charge in [-0.25, -0.2) is 0 Å². The van der Waals surface area contributed by atoms with Gasteiger partial charge < -0.3 is 4.57 Å². The Labute approximate surface area is 71.8 Å². The predicted octanol–water partition coefficient (Wildman–Crippen LogP) is 2.62. The van der Waals surface area contributed by atoms with Crippen molar-refractivity contribution in [2.24, 2.45) is 0 Å². The molecule has 0 saturated heterocycles. The Hall–Kier alpha value is -1.31. The standard InChI is InChI=1S/C10H12N2/c1-8(2)12-6-9-4-3-5-11-10(9)7-12/h3-8H,1-2H3. The van der Waals surface area contributed by atoms with E-state index >= 15 is 0 Å². The molecule has 2 aromatic heterocycles. The Morgan fingerprint density at radius 2 is 2.17 bits per heavy atom. The number of pyridine rings is 1. The topological polar surface area (TPSA) is 17.8 Å². The molecule has 12 heavy (non-hydrogen) atoms. The lowest BCUT2D eigenvalue weighted by Crippen LogP contribution is -1.95. The molecular weight excluding hydrogens is 148 g/mol. The van der Waals surface area contributed by atoms with Crippen LogP contribution < -0.4 is 0 Å². The van der Waals surface area contributed by atoms with Crippen LogP contribution in [0.2, 0.25) is 0 Å². The molecule has 0 fully saturated rings. The van der Waals surface area contributed by atoms with Gasteiger partial charge in [-0.15, -0.1) is 0 Å². The molecule has 0 radical (unpaired) electrons. The van der Waals surface area contributed by atoms with Crippen molar-refractivity contribution in [1.82, 2.24) is 9.55 Å². The minimum absolute atomic E-state index is 0.513. The van der Waals surface area contributed by atoms with E-state index in [-0.39, 0.29) is 0 Å². The molecule has 0 atom stereocenters. The van der Waals surface area contributed by atoms with Crippen LogP contribution in [0.1, 0.15) is 19.9 Å². The first kappa shape index (κ1) is 7.35. The first-order valence-electron chi connectivity index (χ1n) is 4.19. The summed E-state index contributed by atoms with van der Waals surface area (Å²) < 4.78 is 2.18. The monoisotopic (exact) mass is 160 g/mol. The smallest absolute Gasteiger partial charge is 0.0878 e. The first-order valence-corrected chi connectivity index (χ1v) is 4.19. The van der Waals surface area contributed by atoms with E-state index in [0.717, 1.165) is 5.52 Å². The third-order valence-corrected chi connectivity index (χ3v) is 2.03. The van der Waals surface area contributed by atoms with E-state index in [2.05, 4.69) is 41.9 Å². The van der Waals surface area contributed by atoms with E-state index in [1.54, 1.807) is 0 Å². The quantitative estimate of drug-likeness (QED) is 0.627. The van der Waals surface area contributed by atoms with Crippen LogP contribution in [0.5, 0.6) is 0 Å². The Morgan fingerprint density at radius 1 is 1.33 bits per heavy atom. The second-order valence-corrected chi connectivity index (χ2v) is 3.28. The third kappa shape index (κ3) is 1.09. The minimum Gasteiger partial charge on any atom is -0.349 e. The Kier molecular flexibility index (Phi) is 1.61. The first-order chi connectivity index (χ1) is 5.77. The van der Waals surface area contributed by atoms with E-state index in [9.17, 15) is 0 Å². The van der Waals surface area contributed by atoms with Crippen LogP contribution in [0.15, 0.2) is 30.7 Å². The lowest BCUT2D eigenvalue weighted by Gasteiger charge is -2.04. The fraction of sp³-hybridized carbons (Fsp3) is 0.300. The van der Waals surface area contributed by atoms with Gasteiger partial charge in [-0.05, 0) is 26.0 Å². The number of rotatable bonds is 1. The van der Waals surface area contributed by atoms with Crippen LogP contribution in [0, 0.1) is 0 Å². The summed E-state index contributed by atoms with van der Waals surface area (Å²) in [5.41, 5.74) is 1.08. The van der Waals surface area contributed by atoms with Gasteiger partial charge in [0, 0.05) is 30.0 Å². The summed E-state index contributed by atoms with van der Waals surface area (Å²) in [5.74, 6) is 0. The van der Waals surface area contributed by atoms with E-state index < -0.39 is 0 Å². The number of hydrogen-bond acceptors (Lipinski definition) is 1. The zero-order valence-electron chi connectivity index (χ0n) is 7.36. The molecule has 0 aliphatic heterocycles. The fourth-order valence-corrected chi connectivity index (χ4v) is 1.28. The van der Waals surface area contributed by atoms with Gasteiger partial charge in [-0.2, -0.15) is 0 Å². The van der Waals surface area contributed by atoms with Gasteiger partial charge in [-0.1, -0.05) is 0 Å². The van der Waals surface area contributed by atoms with Gasteiger partial charge in [0.05, 0.1) is 5.52 Å². The van der Waals surface area contributed by atoms with Crippen LogP contribution in [-0.4, -0.2) is 9.55 Å². The molecule has 0 aliphatic rings. The maximum atomic E-state index is 4.26. The van der Waals surface area contributed by atoms with Crippen molar-refractivity contribution in [2.75, 3.05) is 0 Å². The van der Waals surface area contributed by atoms with Crippen LogP contribution in [0.3, 0.4) is 0 Å². The highest BCUT2D eigenvalue weighted by Gasteiger charge is 2.00. The molecule has 2 heterocycles. The molecule has 2 rings (SSSR count). The van der Waals surface area contributed by atoms with Crippen molar-refractivity contribution >= 4 is 10.9 Å².